The maximum absolute atomic E-state index is 15.3. The van der Waals surface area contributed by atoms with E-state index in [-0.39, 0.29) is 30.2 Å². The number of carbonyl (C=O) groups excluding carboxylic acids is 2. The highest BCUT2D eigenvalue weighted by Crippen LogP contribution is 2.62. The first-order chi connectivity index (χ1) is 25.1. The van der Waals surface area contributed by atoms with Gasteiger partial charge in [0.1, 0.15) is 5.82 Å². The van der Waals surface area contributed by atoms with Gasteiger partial charge in [-0.1, -0.05) is 48.0 Å². The number of phenolic OH excluding ortho intramolecular Hbond substituents is 1. The van der Waals surface area contributed by atoms with Crippen molar-refractivity contribution in [1.29, 1.82) is 0 Å². The van der Waals surface area contributed by atoms with Crippen molar-refractivity contribution in [3.05, 3.63) is 146 Å². The molecular weight excluding hydrogens is 693 g/mol. The summed E-state index contributed by atoms with van der Waals surface area (Å²) in [6.07, 6.45) is 1.78. The Morgan fingerprint density at radius 1 is 0.885 bits per heavy atom. The lowest BCUT2D eigenvalue weighted by Gasteiger charge is -2.49. The summed E-state index contributed by atoms with van der Waals surface area (Å²) in [7, 11) is 2.76. The van der Waals surface area contributed by atoms with Crippen molar-refractivity contribution in [2.75, 3.05) is 19.6 Å². The highest BCUT2D eigenvalue weighted by molar-refractivity contribution is 6.30. The number of amides is 2. The van der Waals surface area contributed by atoms with E-state index in [9.17, 15) is 23.9 Å². The second-order valence-electron chi connectivity index (χ2n) is 12.9. The molecule has 2 amide bonds. The summed E-state index contributed by atoms with van der Waals surface area (Å²) in [6, 6.07) is 22.7. The van der Waals surface area contributed by atoms with Gasteiger partial charge in [-0.3, -0.25) is 15.0 Å². The van der Waals surface area contributed by atoms with Crippen LogP contribution in [0.3, 0.4) is 0 Å². The zero-order valence-electron chi connectivity index (χ0n) is 27.8. The molecule has 3 heterocycles. The van der Waals surface area contributed by atoms with E-state index in [0.717, 1.165) is 9.58 Å². The number of nitrogens with one attached hydrogen (secondary N) is 1. The lowest BCUT2D eigenvalue weighted by Crippen LogP contribution is -2.53. The molecule has 1 aliphatic carbocycles. The van der Waals surface area contributed by atoms with Crippen molar-refractivity contribution in [2.45, 2.75) is 30.3 Å². The minimum Gasteiger partial charge on any atom is -0.502 e. The number of aromatic hydroxyl groups is 1. The average Bonchev–Trinajstić information content (AvgIpc) is 3.54. The molecular formula is C38H31ClFN5O7. The fraction of sp³-hybridized carbons (Fsp3) is 0.211. The van der Waals surface area contributed by atoms with E-state index in [4.69, 9.17) is 21.1 Å². The van der Waals surface area contributed by atoms with Crippen LogP contribution in [0.5, 0.6) is 17.2 Å². The molecule has 0 bridgehead atoms. The minimum atomic E-state index is -1.65. The highest BCUT2D eigenvalue weighted by Gasteiger charge is 2.69. The molecule has 4 atom stereocenters. The Morgan fingerprint density at radius 3 is 2.17 bits per heavy atom. The van der Waals surface area contributed by atoms with E-state index in [0.29, 0.717) is 33.1 Å². The number of hydrazine groups is 1. The average molecular weight is 724 g/mol. The number of hydrogen-bond acceptors (Lipinski definition) is 8. The van der Waals surface area contributed by atoms with Gasteiger partial charge in [0.25, 0.3) is 11.8 Å². The van der Waals surface area contributed by atoms with Gasteiger partial charge >= 0.3 is 11.4 Å². The lowest BCUT2D eigenvalue weighted by atomic mass is 9.53. The second kappa shape index (κ2) is 12.3. The molecule has 0 spiro atoms. The first kappa shape index (κ1) is 33.1. The monoisotopic (exact) mass is 723 g/mol. The van der Waals surface area contributed by atoms with Gasteiger partial charge in [0, 0.05) is 10.9 Å². The summed E-state index contributed by atoms with van der Waals surface area (Å²) in [6.45, 7) is -0.0103. The molecule has 1 saturated heterocycles. The van der Waals surface area contributed by atoms with Crippen LogP contribution in [-0.2, 0) is 21.5 Å². The number of methoxy groups -OCH3 is 2. The highest BCUT2D eigenvalue weighted by atomic mass is 35.5. The van der Waals surface area contributed by atoms with Crippen molar-refractivity contribution in [2.24, 2.45) is 5.92 Å². The number of rotatable bonds is 7. The van der Waals surface area contributed by atoms with Crippen LogP contribution in [0.15, 0.2) is 112 Å². The number of aromatic nitrogens is 3. The van der Waals surface area contributed by atoms with Crippen LogP contribution in [0.4, 0.5) is 10.1 Å². The molecule has 2 fully saturated rings. The van der Waals surface area contributed by atoms with Crippen LogP contribution in [-0.4, -0.2) is 50.1 Å². The van der Waals surface area contributed by atoms with Crippen molar-refractivity contribution < 1.29 is 28.6 Å². The van der Waals surface area contributed by atoms with E-state index in [2.05, 4.69) is 5.43 Å². The van der Waals surface area contributed by atoms with Gasteiger partial charge in [0.15, 0.2) is 11.5 Å². The fourth-order valence-electron chi connectivity index (χ4n) is 8.17. The summed E-state index contributed by atoms with van der Waals surface area (Å²) in [4.78, 5) is 58.2. The predicted octanol–water partition coefficient (Wildman–Crippen LogP) is 4.93. The molecule has 264 valence electrons. The van der Waals surface area contributed by atoms with Gasteiger partial charge in [-0.25, -0.2) is 27.9 Å². The third kappa shape index (κ3) is 4.72. The molecule has 1 aromatic heterocycles. The molecule has 0 radical (unpaired) electrons. The Labute approximate surface area is 300 Å². The number of carbonyl (C=O) groups is 2. The smallest absolute Gasteiger partial charge is 0.352 e. The normalized spacial score (nSPS) is 22.0. The molecule has 52 heavy (non-hydrogen) atoms. The van der Waals surface area contributed by atoms with Gasteiger partial charge < -0.3 is 14.6 Å². The van der Waals surface area contributed by atoms with Gasteiger partial charge in [0.2, 0.25) is 5.75 Å². The predicted molar refractivity (Wildman–Crippen MR) is 188 cm³/mol. The molecule has 4 unspecified atom stereocenters. The third-order valence-electron chi connectivity index (χ3n) is 10.4. The van der Waals surface area contributed by atoms with Crippen LogP contribution < -0.4 is 26.3 Å². The number of allylic oxidation sites excluding steroid dienone is 2. The number of fused-ring (bicyclic) bond motifs is 4. The molecule has 1 saturated carbocycles. The Bertz CT molecular complexity index is 2380. The van der Waals surface area contributed by atoms with Crippen LogP contribution in [0.1, 0.15) is 29.5 Å². The number of halogens is 2. The van der Waals surface area contributed by atoms with Crippen LogP contribution in [0.25, 0.3) is 5.69 Å². The van der Waals surface area contributed by atoms with Gasteiger partial charge in [-0.15, -0.1) is 0 Å². The molecule has 3 aliphatic rings. The maximum atomic E-state index is 15.3. The third-order valence-corrected chi connectivity index (χ3v) is 10.6. The maximum Gasteiger partial charge on any atom is 0.352 e. The van der Waals surface area contributed by atoms with E-state index in [1.165, 1.54) is 47.8 Å². The first-order valence-electron chi connectivity index (χ1n) is 16.4. The number of anilines is 1. The van der Waals surface area contributed by atoms with Crippen molar-refractivity contribution in [1.82, 2.24) is 18.9 Å². The topological polar surface area (TPSA) is 137 Å². The van der Waals surface area contributed by atoms with Crippen LogP contribution >= 0.6 is 11.6 Å². The number of hydrogen-bond donors (Lipinski definition) is 2. The largest absolute Gasteiger partial charge is 0.502 e. The summed E-state index contributed by atoms with van der Waals surface area (Å²) < 4.78 is 28.8. The molecule has 14 heteroatoms. The van der Waals surface area contributed by atoms with Gasteiger partial charge in [0.05, 0.1) is 49.5 Å². The summed E-state index contributed by atoms with van der Waals surface area (Å²) in [5.41, 5.74) is 2.27. The number of phenols is 1. The Hall–Kier alpha value is -6.08. The zero-order chi connectivity index (χ0) is 36.5. The van der Waals surface area contributed by atoms with E-state index in [1.54, 1.807) is 66.7 Å². The Balaban J connectivity index is 1.41. The number of nitrogens with zero attached hydrogens (tertiary/aromatic N) is 4. The van der Waals surface area contributed by atoms with Crippen LogP contribution in [0.2, 0.25) is 5.02 Å². The minimum absolute atomic E-state index is 0.0103. The molecule has 5 aromatic rings. The molecule has 4 aromatic carbocycles. The quantitative estimate of drug-likeness (QED) is 0.178. The van der Waals surface area contributed by atoms with E-state index >= 15 is 4.79 Å². The molecule has 12 nitrogen and oxygen atoms in total. The van der Waals surface area contributed by atoms with E-state index in [1.807, 2.05) is 6.08 Å². The number of para-hydroxylation sites is 1. The molecule has 2 N–H and O–H groups in total. The van der Waals surface area contributed by atoms with Crippen molar-refractivity contribution in [3.8, 4) is 22.9 Å². The fourth-order valence-corrected chi connectivity index (χ4v) is 8.30. The Kier molecular flexibility index (Phi) is 7.83. The first-order valence-corrected chi connectivity index (χ1v) is 16.8. The van der Waals surface area contributed by atoms with Crippen molar-refractivity contribution >= 4 is 29.1 Å². The van der Waals surface area contributed by atoms with Gasteiger partial charge in [-0.2, -0.15) is 5.01 Å². The van der Waals surface area contributed by atoms with Crippen LogP contribution in [0, 0.1) is 11.7 Å². The lowest BCUT2D eigenvalue weighted by molar-refractivity contribution is -0.138. The summed E-state index contributed by atoms with van der Waals surface area (Å²) in [5.74, 6) is -3.96. The Morgan fingerprint density at radius 2 is 1.54 bits per heavy atom. The van der Waals surface area contributed by atoms with Gasteiger partial charge in [-0.05, 0) is 83.8 Å². The van der Waals surface area contributed by atoms with Crippen molar-refractivity contribution in [3.63, 3.8) is 0 Å². The zero-order valence-corrected chi connectivity index (χ0v) is 28.6. The standard InChI is InChI=1S/C38H31ClFN5O7/c1-51-30-18-21(19-31(52-2)33(30)46)32-27-16-17-42-36(49)43(26-6-4-3-5-7-26)37(50)45(42)29(27)20-28-34(47)44(41-25-14-12-24(40)13-15-25)35(48)38(28,32)22-8-10-23(39)11-9-22/h3-16,18-19,28-29,32,41,46H,17,20H2,1-2H3. The molecule has 2 aliphatic heterocycles. The molecule has 8 rings (SSSR count). The number of ether oxygens (including phenoxy) is 2. The number of imide groups is 1. The SMILES string of the molecule is COc1cc(C2C3=CCn4c(=O)n(-c5ccccc5)c(=O)n4C3CC3C(=O)N(Nc4ccc(F)cc4)C(=O)C32c2ccc(Cl)cc2)cc(OC)c1O. The number of benzene rings is 4. The summed E-state index contributed by atoms with van der Waals surface area (Å²) in [5, 5.41) is 12.3. The summed E-state index contributed by atoms with van der Waals surface area (Å²) >= 11 is 6.36. The second-order valence-corrected chi connectivity index (χ2v) is 13.3. The van der Waals surface area contributed by atoms with E-state index < -0.39 is 52.3 Å².